The standard InChI is InChI=1S/C24H34N2O6/c1-15-9-10-19-16(2)20(28-14-13-25-22(27)26-17-7-5-4-6-8-17)29-21-24(19)18(15)11-12-23(3,30-21)31-32-24/h4-8,15-16,18-21H,9-14H2,1-3H3,(H2,25,26,27)/t15-,16-,18+,19+,20-,21-,23+,24-/m1/s1. The lowest BCUT2D eigenvalue weighted by atomic mass is 9.58. The summed E-state index contributed by atoms with van der Waals surface area (Å²) in [6.07, 6.45) is 3.04. The topological polar surface area (TPSA) is 87.3 Å². The van der Waals surface area contributed by atoms with Gasteiger partial charge in [-0.05, 0) is 50.2 Å². The molecule has 6 rings (SSSR count). The smallest absolute Gasteiger partial charge is 0.319 e. The van der Waals surface area contributed by atoms with E-state index in [2.05, 4.69) is 24.5 Å². The minimum absolute atomic E-state index is 0.119. The van der Waals surface area contributed by atoms with Crippen molar-refractivity contribution in [3.8, 4) is 0 Å². The van der Waals surface area contributed by atoms with Gasteiger partial charge < -0.3 is 24.8 Å². The summed E-state index contributed by atoms with van der Waals surface area (Å²) in [5.41, 5.74) is 0.165. The average Bonchev–Trinajstić information content (AvgIpc) is 3.01. The fourth-order valence-corrected chi connectivity index (χ4v) is 6.10. The third-order valence-corrected chi connectivity index (χ3v) is 7.80. The van der Waals surface area contributed by atoms with Gasteiger partial charge in [-0.25, -0.2) is 14.6 Å². The van der Waals surface area contributed by atoms with Crippen LogP contribution in [0.15, 0.2) is 30.3 Å². The van der Waals surface area contributed by atoms with Crippen molar-refractivity contribution in [1.29, 1.82) is 0 Å². The van der Waals surface area contributed by atoms with Gasteiger partial charge >= 0.3 is 6.03 Å². The van der Waals surface area contributed by atoms with Gasteiger partial charge in [0.05, 0.1) is 6.61 Å². The van der Waals surface area contributed by atoms with Crippen LogP contribution in [0.25, 0.3) is 0 Å². The Hall–Kier alpha value is -1.71. The van der Waals surface area contributed by atoms with Gasteiger partial charge in [0.2, 0.25) is 5.79 Å². The third-order valence-electron chi connectivity index (χ3n) is 7.80. The van der Waals surface area contributed by atoms with Crippen LogP contribution in [0, 0.1) is 23.7 Å². The molecule has 2 N–H and O–H groups in total. The van der Waals surface area contributed by atoms with Gasteiger partial charge in [-0.2, -0.15) is 0 Å². The molecule has 4 aliphatic heterocycles. The molecular weight excluding hydrogens is 412 g/mol. The number of carbonyl (C=O) groups excluding carboxylic acids is 1. The predicted molar refractivity (Wildman–Crippen MR) is 116 cm³/mol. The van der Waals surface area contributed by atoms with E-state index >= 15 is 0 Å². The molecule has 2 amide bonds. The van der Waals surface area contributed by atoms with E-state index in [-0.39, 0.29) is 17.9 Å². The van der Waals surface area contributed by atoms with Gasteiger partial charge in [0.1, 0.15) is 0 Å². The molecular formula is C24H34N2O6. The number of amides is 2. The minimum atomic E-state index is -0.792. The van der Waals surface area contributed by atoms with Crippen LogP contribution in [0.5, 0.6) is 0 Å². The molecule has 1 spiro atoms. The highest BCUT2D eigenvalue weighted by Crippen LogP contribution is 2.60. The third kappa shape index (κ3) is 3.82. The summed E-state index contributed by atoms with van der Waals surface area (Å²) in [6, 6.07) is 9.08. The number of ether oxygens (including phenoxy) is 3. The molecule has 4 saturated heterocycles. The number of para-hydroxylation sites is 1. The maximum absolute atomic E-state index is 12.1. The Bertz CT molecular complexity index is 824. The molecule has 1 saturated carbocycles. The fourth-order valence-electron chi connectivity index (χ4n) is 6.10. The first-order chi connectivity index (χ1) is 15.4. The van der Waals surface area contributed by atoms with E-state index in [1.165, 1.54) is 0 Å². The molecule has 0 unspecified atom stereocenters. The number of urea groups is 1. The highest BCUT2D eigenvalue weighted by molar-refractivity contribution is 5.89. The van der Waals surface area contributed by atoms with E-state index in [0.717, 1.165) is 31.4 Å². The fraction of sp³-hybridized carbons (Fsp3) is 0.708. The van der Waals surface area contributed by atoms with Gasteiger partial charge in [-0.1, -0.05) is 32.0 Å². The quantitative estimate of drug-likeness (QED) is 0.525. The zero-order chi connectivity index (χ0) is 22.3. The summed E-state index contributed by atoms with van der Waals surface area (Å²) >= 11 is 0. The van der Waals surface area contributed by atoms with Crippen molar-refractivity contribution in [3.05, 3.63) is 30.3 Å². The number of hydrogen-bond donors (Lipinski definition) is 2. The lowest BCUT2D eigenvalue weighted by molar-refractivity contribution is -0.577. The Morgan fingerprint density at radius 2 is 1.94 bits per heavy atom. The Balaban J connectivity index is 1.20. The number of benzene rings is 1. The maximum atomic E-state index is 12.1. The zero-order valence-electron chi connectivity index (χ0n) is 19.0. The molecule has 32 heavy (non-hydrogen) atoms. The molecule has 1 aliphatic carbocycles. The molecule has 8 atom stereocenters. The predicted octanol–water partition coefficient (Wildman–Crippen LogP) is 4.03. The van der Waals surface area contributed by atoms with Gasteiger partial charge in [-0.15, -0.1) is 0 Å². The SMILES string of the molecule is C[C@H]1[C@H](OCCNC(=O)Nc2ccccc2)O[C@@H]2O[C@]3(C)CC[C@H]4[C@H](C)CC[C@@H]1[C@@]24OO3. The molecule has 176 valence electrons. The summed E-state index contributed by atoms with van der Waals surface area (Å²) in [6.45, 7) is 7.10. The minimum Gasteiger partial charge on any atom is -0.350 e. The van der Waals surface area contributed by atoms with Gasteiger partial charge in [0, 0.05) is 30.5 Å². The van der Waals surface area contributed by atoms with Crippen LogP contribution >= 0.6 is 0 Å². The Morgan fingerprint density at radius 3 is 2.75 bits per heavy atom. The summed E-state index contributed by atoms with van der Waals surface area (Å²) in [7, 11) is 0. The van der Waals surface area contributed by atoms with Crippen LogP contribution in [0.4, 0.5) is 10.5 Å². The number of rotatable bonds is 5. The number of anilines is 1. The summed E-state index contributed by atoms with van der Waals surface area (Å²) in [4.78, 5) is 24.1. The lowest BCUT2D eigenvalue weighted by Gasteiger charge is -2.60. The number of hydrogen-bond acceptors (Lipinski definition) is 6. The van der Waals surface area contributed by atoms with Crippen molar-refractivity contribution in [2.24, 2.45) is 23.7 Å². The van der Waals surface area contributed by atoms with Crippen molar-refractivity contribution in [1.82, 2.24) is 5.32 Å². The van der Waals surface area contributed by atoms with Crippen molar-refractivity contribution >= 4 is 11.7 Å². The normalized spacial score (nSPS) is 42.6. The number of fused-ring (bicyclic) bond motifs is 2. The first-order valence-corrected chi connectivity index (χ1v) is 11.8. The molecule has 2 bridgehead atoms. The second-order valence-electron chi connectivity index (χ2n) is 9.89. The van der Waals surface area contributed by atoms with Crippen molar-refractivity contribution in [3.63, 3.8) is 0 Å². The van der Waals surface area contributed by atoms with Gasteiger partial charge in [0.25, 0.3) is 0 Å². The molecule has 4 heterocycles. The Morgan fingerprint density at radius 1 is 1.12 bits per heavy atom. The first kappa shape index (κ1) is 22.1. The van der Waals surface area contributed by atoms with Crippen LogP contribution in [-0.4, -0.2) is 43.2 Å². The van der Waals surface area contributed by atoms with Crippen LogP contribution in [0.2, 0.25) is 0 Å². The Labute approximate surface area is 189 Å². The highest BCUT2D eigenvalue weighted by atomic mass is 17.3. The molecule has 8 heteroatoms. The van der Waals surface area contributed by atoms with Crippen LogP contribution in [-0.2, 0) is 24.0 Å². The van der Waals surface area contributed by atoms with Crippen LogP contribution in [0.3, 0.4) is 0 Å². The van der Waals surface area contributed by atoms with E-state index in [9.17, 15) is 4.79 Å². The number of nitrogens with one attached hydrogen (secondary N) is 2. The summed E-state index contributed by atoms with van der Waals surface area (Å²) < 4.78 is 18.8. The van der Waals surface area contributed by atoms with E-state index in [1.807, 2.05) is 37.3 Å². The Kier molecular flexibility index (Phi) is 5.92. The molecule has 0 aromatic heterocycles. The van der Waals surface area contributed by atoms with Crippen LogP contribution in [0.1, 0.15) is 46.5 Å². The van der Waals surface area contributed by atoms with Gasteiger partial charge in [0.15, 0.2) is 18.2 Å². The maximum Gasteiger partial charge on any atom is 0.319 e. The molecule has 5 aliphatic rings. The molecule has 5 fully saturated rings. The first-order valence-electron chi connectivity index (χ1n) is 11.8. The second-order valence-corrected chi connectivity index (χ2v) is 9.89. The lowest BCUT2D eigenvalue weighted by Crippen LogP contribution is -2.70. The van der Waals surface area contributed by atoms with E-state index < -0.39 is 24.0 Å². The van der Waals surface area contributed by atoms with E-state index in [0.29, 0.717) is 25.0 Å². The summed E-state index contributed by atoms with van der Waals surface area (Å²) in [5, 5.41) is 5.63. The van der Waals surface area contributed by atoms with Gasteiger partial charge in [-0.3, -0.25) is 0 Å². The van der Waals surface area contributed by atoms with E-state index in [4.69, 9.17) is 24.0 Å². The number of carbonyl (C=O) groups is 1. The average molecular weight is 447 g/mol. The zero-order valence-corrected chi connectivity index (χ0v) is 19.0. The monoisotopic (exact) mass is 446 g/mol. The molecule has 0 radical (unpaired) electrons. The highest BCUT2D eigenvalue weighted by Gasteiger charge is 2.69. The largest absolute Gasteiger partial charge is 0.350 e. The molecule has 8 nitrogen and oxygen atoms in total. The van der Waals surface area contributed by atoms with Crippen LogP contribution < -0.4 is 10.6 Å². The molecule has 1 aromatic rings. The van der Waals surface area contributed by atoms with Crippen molar-refractivity contribution in [2.45, 2.75) is 70.4 Å². The second kappa shape index (κ2) is 8.57. The summed E-state index contributed by atoms with van der Waals surface area (Å²) in [5.74, 6) is 0.419. The van der Waals surface area contributed by atoms with Crippen molar-refractivity contribution in [2.75, 3.05) is 18.5 Å². The molecule has 1 aromatic carbocycles. The van der Waals surface area contributed by atoms with Crippen molar-refractivity contribution < 1.29 is 28.8 Å². The van der Waals surface area contributed by atoms with E-state index in [1.54, 1.807) is 0 Å².